The molecule has 5 fully saturated rings. The largest absolute Gasteiger partial charge is 0.335 e. The Labute approximate surface area is 139 Å². The van der Waals surface area contributed by atoms with Gasteiger partial charge < -0.3 is 15.5 Å². The predicted molar refractivity (Wildman–Crippen MR) is 89.2 cm³/mol. The second-order valence-corrected chi connectivity index (χ2v) is 8.62. The van der Waals surface area contributed by atoms with Gasteiger partial charge >= 0.3 is 6.03 Å². The van der Waals surface area contributed by atoms with E-state index in [2.05, 4.69) is 20.4 Å². The average Bonchev–Trinajstić information content (AvgIpc) is 3.23. The topological polar surface area (TPSA) is 47.6 Å². The summed E-state index contributed by atoms with van der Waals surface area (Å²) in [5.41, 5.74) is 0. The fourth-order valence-corrected chi connectivity index (χ4v) is 6.15. The Bertz CT molecular complexity index is 484. The van der Waals surface area contributed by atoms with Crippen LogP contribution in [0.2, 0.25) is 0 Å². The van der Waals surface area contributed by atoms with Gasteiger partial charge in [0.1, 0.15) is 0 Å². The van der Waals surface area contributed by atoms with E-state index in [1.54, 1.807) is 0 Å². The van der Waals surface area contributed by atoms with E-state index >= 15 is 0 Å². The van der Waals surface area contributed by atoms with Crippen LogP contribution < -0.4 is 10.6 Å². The van der Waals surface area contributed by atoms with Crippen molar-refractivity contribution in [2.45, 2.75) is 56.7 Å². The van der Waals surface area contributed by atoms with Crippen LogP contribution in [-0.2, 0) is 0 Å². The third-order valence-electron chi connectivity index (χ3n) is 7.37. The highest BCUT2D eigenvalue weighted by atomic mass is 16.2. The van der Waals surface area contributed by atoms with E-state index in [9.17, 15) is 4.79 Å². The number of piperidine rings is 1. The first-order valence-electron chi connectivity index (χ1n) is 9.81. The molecule has 0 aromatic rings. The summed E-state index contributed by atoms with van der Waals surface area (Å²) in [5, 5.41) is 6.97. The molecule has 0 spiro atoms. The molecule has 4 heterocycles. The van der Waals surface area contributed by atoms with Crippen molar-refractivity contribution >= 4 is 6.03 Å². The monoisotopic (exact) mass is 318 g/mol. The third-order valence-corrected chi connectivity index (χ3v) is 7.37. The Kier molecular flexibility index (Phi) is 3.55. The molecule has 0 aromatic heterocycles. The summed E-state index contributed by atoms with van der Waals surface area (Å²) in [6.45, 7) is 5.61. The van der Waals surface area contributed by atoms with E-state index in [1.807, 2.05) is 0 Å². The number of amides is 2. The Balaban J connectivity index is 1.20. The summed E-state index contributed by atoms with van der Waals surface area (Å²) >= 11 is 0. The average molecular weight is 318 g/mol. The molecule has 0 aromatic carbocycles. The van der Waals surface area contributed by atoms with Crippen LogP contribution in [0.1, 0.15) is 38.5 Å². The number of hydrogen-bond acceptors (Lipinski definition) is 3. The van der Waals surface area contributed by atoms with Crippen LogP contribution in [0.3, 0.4) is 0 Å². The lowest BCUT2D eigenvalue weighted by molar-refractivity contribution is 0.151. The highest BCUT2D eigenvalue weighted by Gasteiger charge is 2.48. The van der Waals surface area contributed by atoms with Crippen molar-refractivity contribution < 1.29 is 4.79 Å². The minimum absolute atomic E-state index is 0.220. The molecule has 6 atom stereocenters. The van der Waals surface area contributed by atoms with Gasteiger partial charge in [-0.15, -0.1) is 0 Å². The lowest BCUT2D eigenvalue weighted by Crippen LogP contribution is -2.49. The van der Waals surface area contributed by atoms with Crippen LogP contribution in [0.15, 0.2) is 0 Å². The zero-order valence-corrected chi connectivity index (χ0v) is 14.0. The normalized spacial score (nSPS) is 45.8. The smallest absolute Gasteiger partial charge is 0.317 e. The minimum Gasteiger partial charge on any atom is -0.335 e. The molecule has 23 heavy (non-hydrogen) atoms. The number of nitrogens with zero attached hydrogens (tertiary/aromatic N) is 2. The maximum absolute atomic E-state index is 12.8. The molecule has 6 unspecified atom stereocenters. The Morgan fingerprint density at radius 1 is 1.04 bits per heavy atom. The van der Waals surface area contributed by atoms with E-state index in [1.165, 1.54) is 45.2 Å². The maximum Gasteiger partial charge on any atom is 0.317 e. The quantitative estimate of drug-likeness (QED) is 0.765. The predicted octanol–water partition coefficient (Wildman–Crippen LogP) is 1.25. The summed E-state index contributed by atoms with van der Waals surface area (Å²) in [7, 11) is 0. The number of hydrogen-bond donors (Lipinski definition) is 2. The van der Waals surface area contributed by atoms with Crippen LogP contribution in [0.5, 0.6) is 0 Å². The molecule has 5 aliphatic rings. The minimum atomic E-state index is 0.220. The molecular formula is C18H30N4O. The maximum atomic E-state index is 12.8. The summed E-state index contributed by atoms with van der Waals surface area (Å²) in [6, 6.07) is 2.11. The molecule has 4 aliphatic heterocycles. The zero-order chi connectivity index (χ0) is 15.4. The van der Waals surface area contributed by atoms with E-state index in [-0.39, 0.29) is 6.03 Å². The molecule has 128 valence electrons. The van der Waals surface area contributed by atoms with Gasteiger partial charge in [-0.2, -0.15) is 0 Å². The molecule has 5 nitrogen and oxygen atoms in total. The second-order valence-electron chi connectivity index (χ2n) is 8.62. The molecule has 0 radical (unpaired) electrons. The van der Waals surface area contributed by atoms with Crippen LogP contribution in [0.25, 0.3) is 0 Å². The van der Waals surface area contributed by atoms with E-state index in [0.29, 0.717) is 12.0 Å². The van der Waals surface area contributed by atoms with Gasteiger partial charge in [0.15, 0.2) is 0 Å². The van der Waals surface area contributed by atoms with E-state index in [0.717, 1.165) is 50.0 Å². The van der Waals surface area contributed by atoms with Crippen LogP contribution in [0.4, 0.5) is 4.79 Å². The first-order valence-corrected chi connectivity index (χ1v) is 9.81. The van der Waals surface area contributed by atoms with Crippen molar-refractivity contribution in [1.82, 2.24) is 20.4 Å². The Morgan fingerprint density at radius 2 is 2.00 bits per heavy atom. The fourth-order valence-electron chi connectivity index (χ4n) is 6.15. The lowest BCUT2D eigenvalue weighted by Gasteiger charge is -2.34. The van der Waals surface area contributed by atoms with Gasteiger partial charge in [0.05, 0.1) is 0 Å². The standard InChI is InChI=1S/C18H30N4O/c23-18(20-16-5-4-14-7-12(16)8-19-14)22-10-13-9-21-6-2-1-3-17(21)15(13)11-22/h12-17,19H,1-11H2,(H,20,23). The Hall–Kier alpha value is -0.810. The second kappa shape index (κ2) is 5.62. The SMILES string of the molecule is O=C(NC1CCC2CC1CN2)N1CC2CN3CCCCC3C2C1. The zero-order valence-electron chi connectivity index (χ0n) is 14.0. The van der Waals surface area contributed by atoms with Gasteiger partial charge in [-0.1, -0.05) is 6.42 Å². The Morgan fingerprint density at radius 3 is 2.96 bits per heavy atom. The van der Waals surface area contributed by atoms with E-state index < -0.39 is 0 Å². The van der Waals surface area contributed by atoms with Crippen LogP contribution >= 0.6 is 0 Å². The molecule has 2 amide bonds. The van der Waals surface area contributed by atoms with Crippen molar-refractivity contribution in [3.8, 4) is 0 Å². The highest BCUT2D eigenvalue weighted by Crippen LogP contribution is 2.40. The van der Waals surface area contributed by atoms with Crippen molar-refractivity contribution in [3.05, 3.63) is 0 Å². The van der Waals surface area contributed by atoms with Gasteiger partial charge in [-0.05, 0) is 56.4 Å². The van der Waals surface area contributed by atoms with Crippen molar-refractivity contribution in [2.24, 2.45) is 17.8 Å². The molecule has 1 saturated carbocycles. The number of carbonyl (C=O) groups excluding carboxylic acids is 1. The van der Waals surface area contributed by atoms with Gasteiger partial charge in [-0.3, -0.25) is 4.90 Å². The van der Waals surface area contributed by atoms with Gasteiger partial charge in [-0.25, -0.2) is 4.79 Å². The summed E-state index contributed by atoms with van der Waals surface area (Å²) < 4.78 is 0. The first-order chi connectivity index (χ1) is 11.3. The molecule has 4 saturated heterocycles. The fraction of sp³-hybridized carbons (Fsp3) is 0.944. The van der Waals surface area contributed by atoms with Gasteiger partial charge in [0, 0.05) is 44.3 Å². The molecule has 1 aliphatic carbocycles. The lowest BCUT2D eigenvalue weighted by atomic mass is 9.86. The van der Waals surface area contributed by atoms with Crippen LogP contribution in [0, 0.1) is 17.8 Å². The van der Waals surface area contributed by atoms with Crippen molar-refractivity contribution in [3.63, 3.8) is 0 Å². The number of urea groups is 1. The third kappa shape index (κ3) is 2.47. The van der Waals surface area contributed by atoms with E-state index in [4.69, 9.17) is 0 Å². The number of carbonyl (C=O) groups is 1. The molecular weight excluding hydrogens is 288 g/mol. The first kappa shape index (κ1) is 14.5. The number of likely N-dealkylation sites (tertiary alicyclic amines) is 1. The molecule has 5 rings (SSSR count). The molecule has 2 bridgehead atoms. The summed E-state index contributed by atoms with van der Waals surface area (Å²) in [4.78, 5) is 17.6. The number of rotatable bonds is 1. The molecule has 5 heteroatoms. The summed E-state index contributed by atoms with van der Waals surface area (Å²) in [6.07, 6.45) is 7.75. The number of nitrogens with one attached hydrogen (secondary N) is 2. The van der Waals surface area contributed by atoms with Gasteiger partial charge in [0.25, 0.3) is 0 Å². The number of fused-ring (bicyclic) bond motifs is 5. The summed E-state index contributed by atoms with van der Waals surface area (Å²) in [5.74, 6) is 2.13. The highest BCUT2D eigenvalue weighted by molar-refractivity contribution is 5.75. The van der Waals surface area contributed by atoms with Crippen molar-refractivity contribution in [2.75, 3.05) is 32.7 Å². The van der Waals surface area contributed by atoms with Crippen molar-refractivity contribution in [1.29, 1.82) is 0 Å². The molecule has 2 N–H and O–H groups in total. The van der Waals surface area contributed by atoms with Gasteiger partial charge in [0.2, 0.25) is 0 Å². The van der Waals surface area contributed by atoms with Crippen LogP contribution in [-0.4, -0.2) is 66.7 Å².